The molecule has 2 atom stereocenters. The van der Waals surface area contributed by atoms with Crippen LogP contribution in [-0.4, -0.2) is 24.0 Å². The van der Waals surface area contributed by atoms with Crippen molar-refractivity contribution in [1.29, 1.82) is 0 Å². The van der Waals surface area contributed by atoms with Gasteiger partial charge < -0.3 is 19.3 Å². The van der Waals surface area contributed by atoms with Gasteiger partial charge in [-0.15, -0.1) is 0 Å². The van der Waals surface area contributed by atoms with E-state index in [0.717, 1.165) is 21.6 Å². The monoisotopic (exact) mass is 486 g/mol. The van der Waals surface area contributed by atoms with Crippen molar-refractivity contribution in [2.45, 2.75) is 9.79 Å². The maximum absolute atomic E-state index is 12.2. The summed E-state index contributed by atoms with van der Waals surface area (Å²) in [5, 5.41) is 0. The van der Waals surface area contributed by atoms with Gasteiger partial charge in [0.2, 0.25) is 0 Å². The standard InChI is InChI=1S/C14H16O7P2S4/c1-19-11-7-3-5-9-13(11)24-26-22(15,16)21-23(17,18)27-25-14-10-6-4-8-12(14)20-2/h3-10H,1-2H3,(H,15,16)(H,17,18). The van der Waals surface area contributed by atoms with E-state index < -0.39 is 13.6 Å². The molecule has 7 nitrogen and oxygen atoms in total. The molecule has 0 heterocycles. The zero-order valence-corrected chi connectivity index (χ0v) is 19.1. The molecule has 27 heavy (non-hydrogen) atoms. The first-order chi connectivity index (χ1) is 12.8. The van der Waals surface area contributed by atoms with Gasteiger partial charge in [0.05, 0.1) is 24.0 Å². The van der Waals surface area contributed by atoms with Crippen LogP contribution in [0.3, 0.4) is 0 Å². The van der Waals surface area contributed by atoms with E-state index >= 15 is 0 Å². The Morgan fingerprint density at radius 1 is 0.741 bits per heavy atom. The molecule has 0 fully saturated rings. The summed E-state index contributed by atoms with van der Waals surface area (Å²) in [4.78, 5) is 21.0. The van der Waals surface area contributed by atoms with Gasteiger partial charge >= 0.3 is 13.6 Å². The van der Waals surface area contributed by atoms with Crippen LogP contribution in [0.4, 0.5) is 0 Å². The molecule has 148 valence electrons. The van der Waals surface area contributed by atoms with Crippen molar-refractivity contribution in [2.75, 3.05) is 14.2 Å². The quantitative estimate of drug-likeness (QED) is 0.301. The molecular weight excluding hydrogens is 470 g/mol. The molecule has 2 aromatic rings. The highest BCUT2D eigenvalue weighted by atomic mass is 33.3. The minimum atomic E-state index is -4.40. The third-order valence-corrected chi connectivity index (χ3v) is 14.6. The van der Waals surface area contributed by atoms with Gasteiger partial charge in [0.15, 0.2) is 0 Å². The predicted octanol–water partition coefficient (Wildman–Crippen LogP) is 6.10. The van der Waals surface area contributed by atoms with E-state index in [9.17, 15) is 18.9 Å². The maximum atomic E-state index is 12.2. The van der Waals surface area contributed by atoms with Gasteiger partial charge in [-0.1, -0.05) is 24.3 Å². The molecular formula is C14H16O7P2S4. The molecule has 0 bridgehead atoms. The summed E-state index contributed by atoms with van der Waals surface area (Å²) < 4.78 is 39.3. The van der Waals surface area contributed by atoms with Crippen LogP contribution < -0.4 is 9.47 Å². The van der Waals surface area contributed by atoms with E-state index in [4.69, 9.17) is 9.47 Å². The summed E-state index contributed by atoms with van der Waals surface area (Å²) in [6, 6.07) is 13.8. The number of benzene rings is 2. The van der Waals surface area contributed by atoms with Crippen LogP contribution >= 0.6 is 56.0 Å². The topological polar surface area (TPSA) is 102 Å². The minimum absolute atomic E-state index is 0.464. The highest BCUT2D eigenvalue weighted by molar-refractivity contribution is 9.01. The van der Waals surface area contributed by atoms with Gasteiger partial charge in [0.1, 0.15) is 11.5 Å². The Balaban J connectivity index is 1.96. The molecule has 0 aromatic heterocycles. The van der Waals surface area contributed by atoms with E-state index in [1.54, 1.807) is 48.5 Å². The van der Waals surface area contributed by atoms with Crippen molar-refractivity contribution in [3.05, 3.63) is 48.5 Å². The summed E-state index contributed by atoms with van der Waals surface area (Å²) in [5.74, 6) is 1.03. The minimum Gasteiger partial charge on any atom is -0.496 e. The van der Waals surface area contributed by atoms with E-state index in [1.165, 1.54) is 14.2 Å². The molecule has 0 spiro atoms. The molecule has 0 aliphatic heterocycles. The van der Waals surface area contributed by atoms with Gasteiger partial charge in [-0.25, -0.2) is 13.4 Å². The van der Waals surface area contributed by atoms with Gasteiger partial charge in [0.25, 0.3) is 0 Å². The van der Waals surface area contributed by atoms with Gasteiger partial charge in [0, 0.05) is 20.8 Å². The first kappa shape index (κ1) is 23.1. The lowest BCUT2D eigenvalue weighted by atomic mass is 10.3. The lowest BCUT2D eigenvalue weighted by Gasteiger charge is -2.15. The summed E-state index contributed by atoms with van der Waals surface area (Å²) in [6.45, 7) is -8.81. The fourth-order valence-electron chi connectivity index (χ4n) is 1.71. The largest absolute Gasteiger partial charge is 0.496 e. The van der Waals surface area contributed by atoms with Crippen LogP contribution in [0.2, 0.25) is 0 Å². The first-order valence-corrected chi connectivity index (χ1v) is 15.8. The second-order valence-electron chi connectivity index (χ2n) is 4.64. The van der Waals surface area contributed by atoms with Crippen molar-refractivity contribution >= 4 is 56.0 Å². The number of ether oxygens (including phenoxy) is 2. The van der Waals surface area contributed by atoms with Crippen LogP contribution in [-0.2, 0) is 13.4 Å². The molecule has 2 N–H and O–H groups in total. The fourth-order valence-corrected chi connectivity index (χ4v) is 13.0. The molecule has 13 heteroatoms. The van der Waals surface area contributed by atoms with Crippen LogP contribution in [0.15, 0.2) is 58.3 Å². The highest BCUT2D eigenvalue weighted by Crippen LogP contribution is 2.76. The molecule has 0 saturated heterocycles. The van der Waals surface area contributed by atoms with Crippen LogP contribution in [0.1, 0.15) is 0 Å². The van der Waals surface area contributed by atoms with Gasteiger partial charge in [-0.05, 0) is 45.9 Å². The third kappa shape index (κ3) is 7.61. The van der Waals surface area contributed by atoms with Crippen molar-refractivity contribution in [2.24, 2.45) is 0 Å². The maximum Gasteiger partial charge on any atom is 0.405 e. The first-order valence-electron chi connectivity index (χ1n) is 7.12. The molecule has 0 aliphatic rings. The molecule has 2 aromatic carbocycles. The molecule has 0 saturated carbocycles. The molecule has 0 amide bonds. The zero-order chi connectivity index (χ0) is 19.9. The van der Waals surface area contributed by atoms with Crippen molar-refractivity contribution in [3.63, 3.8) is 0 Å². The summed E-state index contributed by atoms with van der Waals surface area (Å²) >= 11 is 0. The zero-order valence-electron chi connectivity index (χ0n) is 14.1. The average Bonchev–Trinajstić information content (AvgIpc) is 2.64. The normalized spacial score (nSPS) is 15.6. The Hall–Kier alpha value is -0.220. The number of para-hydroxylation sites is 2. The number of rotatable bonds is 10. The van der Waals surface area contributed by atoms with Crippen LogP contribution in [0, 0.1) is 0 Å². The molecule has 2 unspecified atom stereocenters. The highest BCUT2D eigenvalue weighted by Gasteiger charge is 2.35. The second-order valence-corrected chi connectivity index (χ2v) is 16.0. The van der Waals surface area contributed by atoms with Crippen LogP contribution in [0.25, 0.3) is 0 Å². The summed E-state index contributed by atoms with van der Waals surface area (Å²) in [5.41, 5.74) is 0. The smallest absolute Gasteiger partial charge is 0.405 e. The Labute approximate surface area is 172 Å². The Morgan fingerprint density at radius 3 is 1.48 bits per heavy atom. The lowest BCUT2D eigenvalue weighted by molar-refractivity contribution is 0.361. The molecule has 0 radical (unpaired) electrons. The second kappa shape index (κ2) is 10.5. The number of hydrogen-bond acceptors (Lipinski definition) is 9. The van der Waals surface area contributed by atoms with E-state index in [2.05, 4.69) is 4.31 Å². The van der Waals surface area contributed by atoms with Gasteiger partial charge in [-0.2, -0.15) is 0 Å². The van der Waals surface area contributed by atoms with Crippen molar-refractivity contribution in [1.82, 2.24) is 0 Å². The van der Waals surface area contributed by atoms with E-state index in [1.807, 2.05) is 0 Å². The SMILES string of the molecule is COc1ccccc1SSP(=O)(O)OP(=O)(O)SSc1ccccc1OC. The van der Waals surface area contributed by atoms with Crippen molar-refractivity contribution < 1.29 is 32.7 Å². The Morgan fingerprint density at radius 2 is 1.11 bits per heavy atom. The van der Waals surface area contributed by atoms with Gasteiger partial charge in [-0.3, -0.25) is 0 Å². The Kier molecular flexibility index (Phi) is 8.99. The summed E-state index contributed by atoms with van der Waals surface area (Å²) in [7, 11) is 5.74. The van der Waals surface area contributed by atoms with Crippen LogP contribution in [0.5, 0.6) is 11.5 Å². The average molecular weight is 486 g/mol. The fraction of sp³-hybridized carbons (Fsp3) is 0.143. The summed E-state index contributed by atoms with van der Waals surface area (Å²) in [6.07, 6.45) is 0. The van der Waals surface area contributed by atoms with E-state index in [0.29, 0.717) is 42.1 Å². The predicted molar refractivity (Wildman–Crippen MR) is 114 cm³/mol. The number of methoxy groups -OCH3 is 2. The third-order valence-electron chi connectivity index (χ3n) is 2.79. The van der Waals surface area contributed by atoms with Crippen molar-refractivity contribution in [3.8, 4) is 11.5 Å². The molecule has 2 rings (SSSR count). The lowest BCUT2D eigenvalue weighted by Crippen LogP contribution is -1.85. The Bertz CT molecular complexity index is 797. The number of hydrogen-bond donors (Lipinski definition) is 2. The van der Waals surface area contributed by atoms with E-state index in [-0.39, 0.29) is 0 Å². The molecule has 0 aliphatic carbocycles.